The van der Waals surface area contributed by atoms with E-state index in [9.17, 15) is 4.79 Å². The normalized spacial score (nSPS) is 16.2. The van der Waals surface area contributed by atoms with Crippen LogP contribution < -0.4 is 10.2 Å². The molecule has 3 aromatic heterocycles. The fourth-order valence-corrected chi connectivity index (χ4v) is 4.36. The van der Waals surface area contributed by atoms with Gasteiger partial charge in [0.1, 0.15) is 0 Å². The van der Waals surface area contributed by atoms with Gasteiger partial charge in [-0.1, -0.05) is 18.2 Å². The number of amides is 1. The number of carbonyl (C=O) groups excluding carboxylic acids is 1. The summed E-state index contributed by atoms with van der Waals surface area (Å²) < 4.78 is 0. The smallest absolute Gasteiger partial charge is 0.224 e. The molecule has 0 spiro atoms. The number of para-hydroxylation sites is 1. The van der Waals surface area contributed by atoms with E-state index in [0.29, 0.717) is 13.1 Å². The molecule has 0 saturated carbocycles. The number of anilines is 1. The molecule has 32 heavy (non-hydrogen) atoms. The van der Waals surface area contributed by atoms with Crippen molar-refractivity contribution in [3.8, 4) is 11.3 Å². The molecule has 7 heteroatoms. The first-order valence-electron chi connectivity index (χ1n) is 11.1. The van der Waals surface area contributed by atoms with Crippen molar-refractivity contribution in [3.63, 3.8) is 0 Å². The fraction of sp³-hybridized carbons (Fsp3) is 0.280. The van der Waals surface area contributed by atoms with Crippen molar-refractivity contribution in [2.45, 2.75) is 19.3 Å². The van der Waals surface area contributed by atoms with E-state index in [2.05, 4.69) is 42.5 Å². The second-order valence-corrected chi connectivity index (χ2v) is 8.20. The molecule has 5 rings (SSSR count). The number of benzene rings is 1. The zero-order valence-corrected chi connectivity index (χ0v) is 17.9. The molecular weight excluding hydrogens is 400 g/mol. The number of H-pyrrole nitrogens is 1. The molecule has 4 heterocycles. The highest BCUT2D eigenvalue weighted by Gasteiger charge is 2.26. The van der Waals surface area contributed by atoms with Gasteiger partial charge in [0.15, 0.2) is 5.82 Å². The summed E-state index contributed by atoms with van der Waals surface area (Å²) in [6.07, 6.45) is 8.23. The molecule has 0 radical (unpaired) electrons. The van der Waals surface area contributed by atoms with Gasteiger partial charge in [-0.25, -0.2) is 0 Å². The molecule has 7 nitrogen and oxygen atoms in total. The van der Waals surface area contributed by atoms with E-state index in [0.717, 1.165) is 48.4 Å². The van der Waals surface area contributed by atoms with Crippen LogP contribution in [0, 0.1) is 5.92 Å². The van der Waals surface area contributed by atoms with Gasteiger partial charge in [-0.15, -0.1) is 10.2 Å². The average molecular weight is 427 g/mol. The topological polar surface area (TPSA) is 86.8 Å². The maximum absolute atomic E-state index is 12.8. The van der Waals surface area contributed by atoms with Gasteiger partial charge in [0, 0.05) is 54.7 Å². The van der Waals surface area contributed by atoms with Crippen molar-refractivity contribution in [2.24, 2.45) is 5.92 Å². The van der Waals surface area contributed by atoms with Crippen LogP contribution in [0.4, 0.5) is 5.82 Å². The zero-order chi connectivity index (χ0) is 21.8. The fourth-order valence-electron chi connectivity index (χ4n) is 4.36. The number of rotatable bonds is 6. The zero-order valence-electron chi connectivity index (χ0n) is 17.9. The number of nitrogens with zero attached hydrogens (tertiary/aromatic N) is 4. The number of hydrogen-bond donors (Lipinski definition) is 2. The number of hydrogen-bond acceptors (Lipinski definition) is 5. The standard InChI is InChI=1S/C25H26N6O/c32-25(27-13-11-18-16-28-23-8-2-1-7-21(18)23)20-6-4-14-31(17-20)24-10-9-22(29-30-24)19-5-3-12-26-15-19/h1-3,5,7-10,12,15-16,20,28H,4,6,11,13-14,17H2,(H,27,32). The summed E-state index contributed by atoms with van der Waals surface area (Å²) in [5, 5.41) is 13.1. The van der Waals surface area contributed by atoms with Gasteiger partial charge in [-0.3, -0.25) is 9.78 Å². The van der Waals surface area contributed by atoms with Crippen molar-refractivity contribution in [2.75, 3.05) is 24.5 Å². The quantitative estimate of drug-likeness (QED) is 0.492. The molecule has 1 saturated heterocycles. The summed E-state index contributed by atoms with van der Waals surface area (Å²) in [6.45, 7) is 2.19. The number of piperidine rings is 1. The average Bonchev–Trinajstić information content (AvgIpc) is 3.28. The molecule has 1 aliphatic rings. The Morgan fingerprint density at radius 3 is 2.91 bits per heavy atom. The lowest BCUT2D eigenvalue weighted by Crippen LogP contribution is -2.43. The number of carbonyl (C=O) groups is 1. The van der Waals surface area contributed by atoms with E-state index in [1.165, 1.54) is 10.9 Å². The third kappa shape index (κ3) is 4.32. The summed E-state index contributed by atoms with van der Waals surface area (Å²) >= 11 is 0. The third-order valence-electron chi connectivity index (χ3n) is 6.09. The second kappa shape index (κ2) is 9.18. The molecule has 0 bridgehead atoms. The lowest BCUT2D eigenvalue weighted by molar-refractivity contribution is -0.125. The van der Waals surface area contributed by atoms with Crippen molar-refractivity contribution >= 4 is 22.6 Å². The minimum atomic E-state index is -0.0356. The van der Waals surface area contributed by atoms with Gasteiger partial charge in [0.25, 0.3) is 0 Å². The molecule has 0 aliphatic carbocycles. The monoisotopic (exact) mass is 426 g/mol. The van der Waals surface area contributed by atoms with E-state index >= 15 is 0 Å². The summed E-state index contributed by atoms with van der Waals surface area (Å²) in [4.78, 5) is 22.4. The number of pyridine rings is 1. The molecule has 162 valence electrons. The Balaban J connectivity index is 1.17. The lowest BCUT2D eigenvalue weighted by Gasteiger charge is -2.32. The maximum Gasteiger partial charge on any atom is 0.224 e. The van der Waals surface area contributed by atoms with Crippen LogP contribution in [0.5, 0.6) is 0 Å². The SMILES string of the molecule is O=C(NCCc1c[nH]c2ccccc12)C1CCCN(c2ccc(-c3cccnc3)nn2)C1. The Morgan fingerprint density at radius 1 is 1.12 bits per heavy atom. The van der Waals surface area contributed by atoms with Crippen LogP contribution >= 0.6 is 0 Å². The third-order valence-corrected chi connectivity index (χ3v) is 6.09. The Kier molecular flexibility index (Phi) is 5.79. The lowest BCUT2D eigenvalue weighted by atomic mass is 9.97. The molecule has 4 aromatic rings. The first-order valence-corrected chi connectivity index (χ1v) is 11.1. The van der Waals surface area contributed by atoms with E-state index in [1.807, 2.05) is 42.6 Å². The summed E-state index contributed by atoms with van der Waals surface area (Å²) in [5.41, 5.74) is 4.10. The van der Waals surface area contributed by atoms with Crippen LogP contribution in [0.15, 0.2) is 67.1 Å². The van der Waals surface area contributed by atoms with Crippen LogP contribution in [-0.4, -0.2) is 45.7 Å². The minimum absolute atomic E-state index is 0.0356. The first kappa shape index (κ1) is 20.2. The molecule has 1 amide bonds. The van der Waals surface area contributed by atoms with Crippen molar-refractivity contribution in [1.29, 1.82) is 0 Å². The summed E-state index contributed by atoms with van der Waals surface area (Å²) in [7, 11) is 0. The van der Waals surface area contributed by atoms with Gasteiger partial charge in [0.2, 0.25) is 5.91 Å². The van der Waals surface area contributed by atoms with Gasteiger partial charge in [0.05, 0.1) is 11.6 Å². The number of fused-ring (bicyclic) bond motifs is 1. The largest absolute Gasteiger partial charge is 0.361 e. The Labute approximate surface area is 186 Å². The summed E-state index contributed by atoms with van der Waals surface area (Å²) in [6, 6.07) is 16.0. The van der Waals surface area contributed by atoms with Crippen molar-refractivity contribution in [1.82, 2.24) is 25.5 Å². The van der Waals surface area contributed by atoms with Crippen LogP contribution in [-0.2, 0) is 11.2 Å². The molecule has 1 aromatic carbocycles. The van der Waals surface area contributed by atoms with Gasteiger partial charge < -0.3 is 15.2 Å². The highest BCUT2D eigenvalue weighted by atomic mass is 16.1. The molecule has 1 aliphatic heterocycles. The Hall–Kier alpha value is -3.74. The van der Waals surface area contributed by atoms with E-state index in [-0.39, 0.29) is 11.8 Å². The van der Waals surface area contributed by atoms with Gasteiger partial charge >= 0.3 is 0 Å². The maximum atomic E-state index is 12.8. The number of nitrogens with one attached hydrogen (secondary N) is 2. The van der Waals surface area contributed by atoms with E-state index in [1.54, 1.807) is 12.4 Å². The van der Waals surface area contributed by atoms with Gasteiger partial charge in [-0.2, -0.15) is 0 Å². The molecule has 1 atom stereocenters. The number of aromatic amines is 1. The van der Waals surface area contributed by atoms with Crippen LogP contribution in [0.2, 0.25) is 0 Å². The Morgan fingerprint density at radius 2 is 2.06 bits per heavy atom. The first-order chi connectivity index (χ1) is 15.8. The van der Waals surface area contributed by atoms with Gasteiger partial charge in [-0.05, 0) is 55.2 Å². The van der Waals surface area contributed by atoms with Crippen molar-refractivity contribution in [3.05, 3.63) is 72.7 Å². The highest BCUT2D eigenvalue weighted by molar-refractivity contribution is 5.83. The van der Waals surface area contributed by atoms with E-state index in [4.69, 9.17) is 0 Å². The minimum Gasteiger partial charge on any atom is -0.361 e. The van der Waals surface area contributed by atoms with Crippen LogP contribution in [0.1, 0.15) is 18.4 Å². The van der Waals surface area contributed by atoms with Crippen LogP contribution in [0.25, 0.3) is 22.2 Å². The molecular formula is C25H26N6O. The molecule has 1 unspecified atom stereocenters. The summed E-state index contributed by atoms with van der Waals surface area (Å²) in [5.74, 6) is 0.898. The van der Waals surface area contributed by atoms with E-state index < -0.39 is 0 Å². The predicted octanol–water partition coefficient (Wildman–Crippen LogP) is 3.60. The second-order valence-electron chi connectivity index (χ2n) is 8.20. The Bertz CT molecular complexity index is 1190. The highest BCUT2D eigenvalue weighted by Crippen LogP contribution is 2.23. The molecule has 1 fully saturated rings. The molecule has 2 N–H and O–H groups in total. The number of aromatic nitrogens is 4. The van der Waals surface area contributed by atoms with Crippen LogP contribution in [0.3, 0.4) is 0 Å². The van der Waals surface area contributed by atoms with Crippen molar-refractivity contribution < 1.29 is 4.79 Å². The predicted molar refractivity (Wildman–Crippen MR) is 125 cm³/mol.